The zero-order valence-corrected chi connectivity index (χ0v) is 19.1. The molecule has 0 aliphatic rings. The molecule has 0 bridgehead atoms. The second-order valence-electron chi connectivity index (χ2n) is 6.97. The summed E-state index contributed by atoms with van der Waals surface area (Å²) in [6, 6.07) is 12.0. The van der Waals surface area contributed by atoms with Crippen molar-refractivity contribution in [1.82, 2.24) is 5.48 Å². The molecule has 0 saturated carbocycles. The molecular weight excluding hydrogens is 472 g/mol. The molecule has 0 aliphatic carbocycles. The summed E-state index contributed by atoms with van der Waals surface area (Å²) in [6.07, 6.45) is 2.92. The summed E-state index contributed by atoms with van der Waals surface area (Å²) in [6.45, 7) is 3.47. The summed E-state index contributed by atoms with van der Waals surface area (Å²) < 4.78 is 6.37. The summed E-state index contributed by atoms with van der Waals surface area (Å²) in [4.78, 5) is 25.1. The van der Waals surface area contributed by atoms with Crippen LogP contribution in [-0.4, -0.2) is 28.6 Å². The largest absolute Gasteiger partial charge is 0.508 e. The van der Waals surface area contributed by atoms with Gasteiger partial charge in [0, 0.05) is 32.1 Å². The van der Waals surface area contributed by atoms with Gasteiger partial charge in [-0.3, -0.25) is 15.3 Å². The fraction of sp³-hybridized carbons (Fsp3) is 0.238. The van der Waals surface area contributed by atoms with E-state index in [1.54, 1.807) is 49.9 Å². The second kappa shape index (κ2) is 10.5. The highest BCUT2D eigenvalue weighted by Gasteiger charge is 2.34. The monoisotopic (exact) mass is 494 g/mol. The van der Waals surface area contributed by atoms with Crippen LogP contribution in [0.15, 0.2) is 64.0 Å². The minimum Gasteiger partial charge on any atom is -0.508 e. The Balaban J connectivity index is 2.32. The highest BCUT2D eigenvalue weighted by atomic mass is 79.9. The Morgan fingerprint density at radius 3 is 2.47 bits per heavy atom. The quantitative estimate of drug-likeness (QED) is 0.181. The van der Waals surface area contributed by atoms with Gasteiger partial charge in [-0.1, -0.05) is 35.9 Å². The molecule has 2 amide bonds. The molecule has 1 atom stereocenters. The highest BCUT2D eigenvalue weighted by molar-refractivity contribution is 9.10. The predicted octanol–water partition coefficient (Wildman–Crippen LogP) is 5.25. The van der Waals surface area contributed by atoms with E-state index < -0.39 is 23.5 Å². The van der Waals surface area contributed by atoms with E-state index in [4.69, 9.17) is 9.94 Å². The first-order chi connectivity index (χ1) is 14.2. The second-order valence-corrected chi connectivity index (χ2v) is 8.77. The number of hydroxylamine groups is 1. The molecular formula is C21H23BrN2O5S. The SMILES string of the molecule is CSc1ccc(NC(=O)O[C@@H](c2cc(Br)ccc2O)C(C)(C)/C=C/C(=O)NO)cc1. The maximum absolute atomic E-state index is 12.6. The van der Waals surface area contributed by atoms with Gasteiger partial charge < -0.3 is 9.84 Å². The van der Waals surface area contributed by atoms with E-state index >= 15 is 0 Å². The molecule has 160 valence electrons. The van der Waals surface area contributed by atoms with E-state index in [-0.39, 0.29) is 5.75 Å². The summed E-state index contributed by atoms with van der Waals surface area (Å²) >= 11 is 4.94. The van der Waals surface area contributed by atoms with Gasteiger partial charge in [-0.15, -0.1) is 11.8 Å². The molecule has 4 N–H and O–H groups in total. The van der Waals surface area contributed by atoms with Crippen molar-refractivity contribution in [1.29, 1.82) is 0 Å². The number of hydrogen-bond donors (Lipinski definition) is 4. The van der Waals surface area contributed by atoms with E-state index in [0.717, 1.165) is 11.0 Å². The molecule has 2 rings (SSSR count). The Morgan fingerprint density at radius 2 is 1.87 bits per heavy atom. The number of phenolic OH excluding ortho intramolecular Hbond substituents is 1. The molecule has 0 fully saturated rings. The van der Waals surface area contributed by atoms with Crippen LogP contribution in [0.3, 0.4) is 0 Å². The molecule has 0 saturated heterocycles. The fourth-order valence-electron chi connectivity index (χ4n) is 2.70. The van der Waals surface area contributed by atoms with Crippen molar-refractivity contribution < 1.29 is 24.6 Å². The third-order valence-electron chi connectivity index (χ3n) is 4.28. The first-order valence-electron chi connectivity index (χ1n) is 8.89. The number of benzene rings is 2. The van der Waals surface area contributed by atoms with Gasteiger partial charge in [0.1, 0.15) is 11.9 Å². The number of thioether (sulfide) groups is 1. The molecule has 0 radical (unpaired) electrons. The number of phenols is 1. The van der Waals surface area contributed by atoms with Crippen LogP contribution in [0.2, 0.25) is 0 Å². The van der Waals surface area contributed by atoms with Crippen molar-refractivity contribution in [2.24, 2.45) is 5.41 Å². The first-order valence-corrected chi connectivity index (χ1v) is 10.9. The van der Waals surface area contributed by atoms with Crippen molar-refractivity contribution in [3.8, 4) is 5.75 Å². The Morgan fingerprint density at radius 1 is 1.20 bits per heavy atom. The molecule has 30 heavy (non-hydrogen) atoms. The Bertz CT molecular complexity index is 931. The predicted molar refractivity (Wildman–Crippen MR) is 120 cm³/mol. The number of halogens is 1. The molecule has 2 aromatic rings. The minimum absolute atomic E-state index is 0.0617. The number of aromatic hydroxyl groups is 1. The molecule has 0 heterocycles. The van der Waals surface area contributed by atoms with E-state index in [0.29, 0.717) is 15.7 Å². The Kier molecular flexibility index (Phi) is 8.33. The van der Waals surface area contributed by atoms with Crippen LogP contribution in [0.25, 0.3) is 0 Å². The number of ether oxygens (including phenoxy) is 1. The molecule has 0 unspecified atom stereocenters. The molecule has 9 heteroatoms. The maximum Gasteiger partial charge on any atom is 0.412 e. The van der Waals surface area contributed by atoms with Crippen LogP contribution >= 0.6 is 27.7 Å². The number of rotatable bonds is 7. The lowest BCUT2D eigenvalue weighted by Crippen LogP contribution is -2.28. The van der Waals surface area contributed by atoms with Gasteiger partial charge in [0.2, 0.25) is 0 Å². The number of amides is 2. The van der Waals surface area contributed by atoms with E-state index in [1.165, 1.54) is 17.6 Å². The van der Waals surface area contributed by atoms with Crippen molar-refractivity contribution in [3.05, 3.63) is 64.7 Å². The number of anilines is 1. The minimum atomic E-state index is -0.941. The van der Waals surface area contributed by atoms with Crippen molar-refractivity contribution in [2.45, 2.75) is 24.8 Å². The van der Waals surface area contributed by atoms with Crippen LogP contribution in [0.1, 0.15) is 25.5 Å². The van der Waals surface area contributed by atoms with E-state index in [2.05, 4.69) is 21.2 Å². The number of nitrogens with one attached hydrogen (secondary N) is 2. The van der Waals surface area contributed by atoms with Gasteiger partial charge >= 0.3 is 6.09 Å². The summed E-state index contributed by atoms with van der Waals surface area (Å²) in [5.41, 5.74) is 1.52. The topological polar surface area (TPSA) is 108 Å². The lowest BCUT2D eigenvalue weighted by Gasteiger charge is -2.32. The average molecular weight is 495 g/mol. The average Bonchev–Trinajstić information content (AvgIpc) is 2.72. The molecule has 7 nitrogen and oxygen atoms in total. The van der Waals surface area contributed by atoms with Crippen LogP contribution in [0, 0.1) is 5.41 Å². The van der Waals surface area contributed by atoms with Crippen LogP contribution in [-0.2, 0) is 9.53 Å². The third kappa shape index (κ3) is 6.51. The molecule has 2 aromatic carbocycles. The highest BCUT2D eigenvalue weighted by Crippen LogP contribution is 2.42. The van der Waals surface area contributed by atoms with Gasteiger partial charge in [-0.25, -0.2) is 10.3 Å². The molecule has 0 aromatic heterocycles. The van der Waals surface area contributed by atoms with Gasteiger partial charge in [0.25, 0.3) is 5.91 Å². The standard InChI is InChI=1S/C21H23BrN2O5S/c1-21(2,11-10-18(26)24-28)19(16-12-13(22)4-9-17(16)25)29-20(27)23-14-5-7-15(30-3)8-6-14/h4-12,19,25,28H,1-3H3,(H,23,27)(H,24,26)/b11-10+/t19-/m0/s1. The summed E-state index contributed by atoms with van der Waals surface area (Å²) in [7, 11) is 0. The van der Waals surface area contributed by atoms with Gasteiger partial charge in [-0.05, 0) is 48.7 Å². The van der Waals surface area contributed by atoms with Crippen molar-refractivity contribution >= 4 is 45.4 Å². The normalized spacial score (nSPS) is 12.4. The van der Waals surface area contributed by atoms with Crippen LogP contribution in [0.4, 0.5) is 10.5 Å². The van der Waals surface area contributed by atoms with Crippen LogP contribution < -0.4 is 10.8 Å². The Labute approximate surface area is 187 Å². The van der Waals surface area contributed by atoms with Gasteiger partial charge in [0.05, 0.1) is 0 Å². The summed E-state index contributed by atoms with van der Waals surface area (Å²) in [5, 5.41) is 21.8. The Hall–Kier alpha value is -2.49. The van der Waals surface area contributed by atoms with E-state index in [9.17, 15) is 14.7 Å². The number of hydrogen-bond acceptors (Lipinski definition) is 6. The smallest absolute Gasteiger partial charge is 0.412 e. The zero-order chi connectivity index (χ0) is 22.3. The maximum atomic E-state index is 12.6. The lowest BCUT2D eigenvalue weighted by atomic mass is 9.81. The summed E-state index contributed by atoms with van der Waals surface area (Å²) in [5.74, 6) is -0.785. The van der Waals surface area contributed by atoms with Crippen molar-refractivity contribution in [2.75, 3.05) is 11.6 Å². The van der Waals surface area contributed by atoms with Gasteiger partial charge in [-0.2, -0.15) is 0 Å². The van der Waals surface area contributed by atoms with E-state index in [1.807, 2.05) is 18.4 Å². The lowest BCUT2D eigenvalue weighted by molar-refractivity contribution is -0.124. The third-order valence-corrected chi connectivity index (χ3v) is 5.52. The zero-order valence-electron chi connectivity index (χ0n) is 16.7. The molecule has 0 aliphatic heterocycles. The van der Waals surface area contributed by atoms with Gasteiger partial charge in [0.15, 0.2) is 0 Å². The first kappa shape index (κ1) is 23.8. The number of carbonyl (C=O) groups excluding carboxylic acids is 2. The fourth-order valence-corrected chi connectivity index (χ4v) is 3.48. The van der Waals surface area contributed by atoms with Crippen molar-refractivity contribution in [3.63, 3.8) is 0 Å². The van der Waals surface area contributed by atoms with Crippen LogP contribution in [0.5, 0.6) is 5.75 Å². The number of carbonyl (C=O) groups is 2. The molecule has 0 spiro atoms.